The standard InChI is InChI=1S/C18H18FNO4S/c1-23-16-8-11(17-20-14(10-25-17)18(21)22)6-7-15(16)24-9-12-4-2-3-5-13(12)19/h2-8,14,17,20H,9-10H2,1H3,(H,21,22)/t14-,17-/m1/s1. The van der Waals surface area contributed by atoms with Crippen LogP contribution in [0.25, 0.3) is 0 Å². The highest BCUT2D eigenvalue weighted by atomic mass is 32.2. The van der Waals surface area contributed by atoms with E-state index in [1.807, 2.05) is 12.1 Å². The van der Waals surface area contributed by atoms with Gasteiger partial charge in [0.25, 0.3) is 0 Å². The number of hydrogen-bond donors (Lipinski definition) is 1. The maximum atomic E-state index is 13.7. The summed E-state index contributed by atoms with van der Waals surface area (Å²) in [4.78, 5) is 11.0. The van der Waals surface area contributed by atoms with Crippen LogP contribution in [-0.4, -0.2) is 24.9 Å². The molecule has 25 heavy (non-hydrogen) atoms. The lowest BCUT2D eigenvalue weighted by molar-refractivity contribution is -0.690. The fourth-order valence-electron chi connectivity index (χ4n) is 2.63. The first-order valence-corrected chi connectivity index (χ1v) is 8.85. The zero-order valence-electron chi connectivity index (χ0n) is 13.6. The van der Waals surface area contributed by atoms with Gasteiger partial charge < -0.3 is 24.7 Å². The number of hydrogen-bond acceptors (Lipinski definition) is 5. The number of carbonyl (C=O) groups excluding carboxylic acids is 1. The molecule has 1 aliphatic rings. The molecule has 5 nitrogen and oxygen atoms in total. The number of carbonyl (C=O) groups is 1. The van der Waals surface area contributed by atoms with Crippen LogP contribution in [0.4, 0.5) is 4.39 Å². The van der Waals surface area contributed by atoms with Gasteiger partial charge in [-0.05, 0) is 24.3 Å². The molecule has 0 aromatic heterocycles. The van der Waals surface area contributed by atoms with Crippen LogP contribution < -0.4 is 19.9 Å². The number of thioether (sulfide) groups is 1. The second-order valence-electron chi connectivity index (χ2n) is 5.66. The van der Waals surface area contributed by atoms with Crippen molar-refractivity contribution in [1.29, 1.82) is 0 Å². The summed E-state index contributed by atoms with van der Waals surface area (Å²) < 4.78 is 24.7. The van der Waals surface area contributed by atoms with Crippen molar-refractivity contribution in [2.75, 3.05) is 12.9 Å². The molecule has 132 valence electrons. The lowest BCUT2D eigenvalue weighted by Crippen LogP contribution is -2.90. The topological polar surface area (TPSA) is 75.2 Å². The molecule has 2 aromatic carbocycles. The summed E-state index contributed by atoms with van der Waals surface area (Å²) in [6.07, 6.45) is 0. The molecule has 0 bridgehead atoms. The number of methoxy groups -OCH3 is 1. The molecule has 0 amide bonds. The highest BCUT2D eigenvalue weighted by Gasteiger charge is 2.31. The Kier molecular flexibility index (Phi) is 5.45. The lowest BCUT2D eigenvalue weighted by atomic mass is 10.2. The number of halogens is 1. The number of aliphatic carboxylic acids is 1. The third kappa shape index (κ3) is 4.05. The van der Waals surface area contributed by atoms with Gasteiger partial charge in [-0.3, -0.25) is 0 Å². The van der Waals surface area contributed by atoms with Gasteiger partial charge in [0.05, 0.1) is 12.9 Å². The fraction of sp³-hybridized carbons (Fsp3) is 0.278. The molecule has 1 fully saturated rings. The molecule has 1 heterocycles. The molecule has 0 spiro atoms. The average Bonchev–Trinajstić information content (AvgIpc) is 3.11. The molecule has 7 heteroatoms. The van der Waals surface area contributed by atoms with Gasteiger partial charge >= 0.3 is 0 Å². The van der Waals surface area contributed by atoms with E-state index < -0.39 is 12.0 Å². The zero-order chi connectivity index (χ0) is 17.8. The summed E-state index contributed by atoms with van der Waals surface area (Å²) in [5.41, 5.74) is 1.40. The molecule has 0 aliphatic carbocycles. The van der Waals surface area contributed by atoms with Crippen molar-refractivity contribution in [1.82, 2.24) is 0 Å². The predicted molar refractivity (Wildman–Crippen MR) is 89.6 cm³/mol. The molecule has 1 saturated heterocycles. The van der Waals surface area contributed by atoms with Gasteiger partial charge in [0.1, 0.15) is 24.4 Å². The summed E-state index contributed by atoms with van der Waals surface area (Å²) in [6, 6.07) is 11.3. The SMILES string of the molecule is COc1cc([C@@H]2[NH2+][C@@H](C(=O)[O-])CS2)ccc1OCc1ccccc1F. The Bertz CT molecular complexity index is 770. The number of ether oxygens (including phenoxy) is 2. The summed E-state index contributed by atoms with van der Waals surface area (Å²) in [6.45, 7) is 0.0967. The normalized spacial score (nSPS) is 19.6. The van der Waals surface area contributed by atoms with Crippen molar-refractivity contribution in [3.8, 4) is 11.5 Å². The third-order valence-corrected chi connectivity index (χ3v) is 5.36. The van der Waals surface area contributed by atoms with Crippen LogP contribution in [0.5, 0.6) is 11.5 Å². The molecular formula is C18H18FNO4S. The Morgan fingerprint density at radius 3 is 2.80 bits per heavy atom. The van der Waals surface area contributed by atoms with E-state index in [1.54, 1.807) is 41.3 Å². The quantitative estimate of drug-likeness (QED) is 0.823. The van der Waals surface area contributed by atoms with Crippen LogP contribution in [0.1, 0.15) is 16.5 Å². The van der Waals surface area contributed by atoms with E-state index in [-0.39, 0.29) is 17.8 Å². The van der Waals surface area contributed by atoms with Crippen molar-refractivity contribution in [3.63, 3.8) is 0 Å². The van der Waals surface area contributed by atoms with Gasteiger partial charge in [-0.1, -0.05) is 30.0 Å². The molecule has 0 radical (unpaired) electrons. The first-order chi connectivity index (χ1) is 12.1. The number of carboxylic acids is 1. The van der Waals surface area contributed by atoms with Crippen molar-refractivity contribution in [2.45, 2.75) is 18.0 Å². The van der Waals surface area contributed by atoms with Gasteiger partial charge in [-0.2, -0.15) is 0 Å². The van der Waals surface area contributed by atoms with Crippen LogP contribution in [-0.2, 0) is 11.4 Å². The smallest absolute Gasteiger partial charge is 0.161 e. The molecule has 0 saturated carbocycles. The van der Waals surface area contributed by atoms with Gasteiger partial charge in [0, 0.05) is 11.1 Å². The highest BCUT2D eigenvalue weighted by Crippen LogP contribution is 2.34. The van der Waals surface area contributed by atoms with Crippen LogP contribution in [0.3, 0.4) is 0 Å². The minimum Gasteiger partial charge on any atom is -0.544 e. The Balaban J connectivity index is 1.72. The molecule has 0 unspecified atom stereocenters. The van der Waals surface area contributed by atoms with Crippen molar-refractivity contribution in [3.05, 3.63) is 59.4 Å². The number of benzene rings is 2. The Morgan fingerprint density at radius 1 is 1.32 bits per heavy atom. The first kappa shape index (κ1) is 17.6. The van der Waals surface area contributed by atoms with Crippen molar-refractivity contribution >= 4 is 17.7 Å². The first-order valence-electron chi connectivity index (χ1n) is 7.80. The molecule has 2 aromatic rings. The summed E-state index contributed by atoms with van der Waals surface area (Å²) >= 11 is 1.55. The number of carboxylic acid groups (broad SMARTS) is 1. The predicted octanol–water partition coefficient (Wildman–Crippen LogP) is 0.841. The molecule has 3 rings (SSSR count). The van der Waals surface area contributed by atoms with E-state index in [9.17, 15) is 14.3 Å². The second kappa shape index (κ2) is 7.76. The van der Waals surface area contributed by atoms with E-state index in [1.165, 1.54) is 13.2 Å². The van der Waals surface area contributed by atoms with Crippen LogP contribution in [0.2, 0.25) is 0 Å². The van der Waals surface area contributed by atoms with Crippen molar-refractivity contribution < 1.29 is 29.1 Å². The van der Waals surface area contributed by atoms with E-state index >= 15 is 0 Å². The van der Waals surface area contributed by atoms with Crippen LogP contribution in [0.15, 0.2) is 42.5 Å². The van der Waals surface area contributed by atoms with Gasteiger partial charge in [-0.25, -0.2) is 4.39 Å². The second-order valence-corrected chi connectivity index (χ2v) is 6.84. The number of nitrogens with two attached hydrogens (primary N) is 1. The zero-order valence-corrected chi connectivity index (χ0v) is 14.4. The number of rotatable bonds is 6. The third-order valence-electron chi connectivity index (χ3n) is 4.02. The molecule has 2 atom stereocenters. The van der Waals surface area contributed by atoms with E-state index in [0.29, 0.717) is 22.8 Å². The highest BCUT2D eigenvalue weighted by molar-refractivity contribution is 7.99. The average molecular weight is 363 g/mol. The van der Waals surface area contributed by atoms with Gasteiger partial charge in [0.15, 0.2) is 16.9 Å². The summed E-state index contributed by atoms with van der Waals surface area (Å²) in [5, 5.41) is 12.7. The maximum Gasteiger partial charge on any atom is 0.161 e. The van der Waals surface area contributed by atoms with Crippen molar-refractivity contribution in [2.24, 2.45) is 0 Å². The van der Waals surface area contributed by atoms with Crippen LogP contribution in [0, 0.1) is 5.82 Å². The minimum atomic E-state index is -1.05. The Morgan fingerprint density at radius 2 is 2.12 bits per heavy atom. The lowest BCUT2D eigenvalue weighted by Gasteiger charge is -2.15. The molecular weight excluding hydrogens is 345 g/mol. The Labute approximate surface area is 149 Å². The summed E-state index contributed by atoms with van der Waals surface area (Å²) in [5.74, 6) is 0.171. The van der Waals surface area contributed by atoms with Gasteiger partial charge in [-0.15, -0.1) is 0 Å². The Hall–Kier alpha value is -2.25. The van der Waals surface area contributed by atoms with Crippen LogP contribution >= 0.6 is 11.8 Å². The number of quaternary nitrogens is 1. The monoisotopic (exact) mass is 363 g/mol. The largest absolute Gasteiger partial charge is 0.544 e. The van der Waals surface area contributed by atoms with E-state index in [2.05, 4.69) is 0 Å². The van der Waals surface area contributed by atoms with E-state index in [0.717, 1.165) is 5.56 Å². The van der Waals surface area contributed by atoms with Gasteiger partial charge in [0.2, 0.25) is 0 Å². The molecule has 2 N–H and O–H groups in total. The minimum absolute atomic E-state index is 0.0302. The summed E-state index contributed by atoms with van der Waals surface area (Å²) in [7, 11) is 1.53. The molecule has 1 aliphatic heterocycles. The fourth-order valence-corrected chi connectivity index (χ4v) is 3.94. The van der Waals surface area contributed by atoms with E-state index in [4.69, 9.17) is 9.47 Å². The maximum absolute atomic E-state index is 13.7.